The Morgan fingerprint density at radius 1 is 1.39 bits per heavy atom. The van der Waals surface area contributed by atoms with Gasteiger partial charge in [-0.05, 0) is 29.7 Å². The minimum atomic E-state index is -0.0850. The van der Waals surface area contributed by atoms with Crippen molar-refractivity contribution in [3.63, 3.8) is 0 Å². The first kappa shape index (κ1) is 11.6. The molecule has 18 heavy (non-hydrogen) atoms. The lowest BCUT2D eigenvalue weighted by Gasteiger charge is -2.02. The fourth-order valence-electron chi connectivity index (χ4n) is 1.81. The molecule has 1 aliphatic carbocycles. The van der Waals surface area contributed by atoms with Crippen molar-refractivity contribution in [2.24, 2.45) is 0 Å². The lowest BCUT2D eigenvalue weighted by atomic mass is 10.3. The summed E-state index contributed by atoms with van der Waals surface area (Å²) in [4.78, 5) is 0. The zero-order valence-corrected chi connectivity index (χ0v) is 10.8. The van der Waals surface area contributed by atoms with Gasteiger partial charge in [0.2, 0.25) is 0 Å². The summed E-state index contributed by atoms with van der Waals surface area (Å²) >= 11 is 6.12. The Morgan fingerprint density at radius 3 is 2.94 bits per heavy atom. The van der Waals surface area contributed by atoms with Crippen LogP contribution >= 0.6 is 11.6 Å². The second kappa shape index (κ2) is 4.64. The summed E-state index contributed by atoms with van der Waals surface area (Å²) in [5, 5.41) is 19.8. The zero-order valence-electron chi connectivity index (χ0n) is 10.1. The Balaban J connectivity index is 1.75. The van der Waals surface area contributed by atoms with Gasteiger partial charge in [0.1, 0.15) is 12.2 Å². The summed E-state index contributed by atoms with van der Waals surface area (Å²) in [5.74, 6) is 0.816. The number of nitrogens with zero attached hydrogens (tertiary/aromatic N) is 7. The average molecular weight is 268 g/mol. The van der Waals surface area contributed by atoms with Gasteiger partial charge in [-0.2, -0.15) is 0 Å². The van der Waals surface area contributed by atoms with E-state index < -0.39 is 0 Å². The van der Waals surface area contributed by atoms with Crippen molar-refractivity contribution in [2.75, 3.05) is 0 Å². The Bertz CT molecular complexity index is 530. The van der Waals surface area contributed by atoms with Gasteiger partial charge in [-0.1, -0.05) is 12.1 Å². The molecule has 0 aromatic carbocycles. The summed E-state index contributed by atoms with van der Waals surface area (Å²) in [6.07, 6.45) is 4.99. The fourth-order valence-corrected chi connectivity index (χ4v) is 1.91. The highest BCUT2D eigenvalue weighted by Gasteiger charge is 2.27. The number of aromatic nitrogens is 7. The largest absolute Gasteiger partial charge is 0.244 e. The first-order valence-corrected chi connectivity index (χ1v) is 6.52. The van der Waals surface area contributed by atoms with E-state index in [1.807, 2.05) is 17.8 Å². The molecule has 0 N–H and O–H groups in total. The van der Waals surface area contributed by atoms with Crippen LogP contribution in [0.4, 0.5) is 0 Å². The molecule has 1 fully saturated rings. The highest BCUT2D eigenvalue weighted by molar-refractivity contribution is 6.20. The fraction of sp³-hybridized carbons (Fsp3) is 0.700. The maximum Gasteiger partial charge on any atom is 0.173 e. The summed E-state index contributed by atoms with van der Waals surface area (Å²) < 4.78 is 3.60. The lowest BCUT2D eigenvalue weighted by molar-refractivity contribution is 0.543. The highest BCUT2D eigenvalue weighted by atomic mass is 35.5. The van der Waals surface area contributed by atoms with Gasteiger partial charge in [-0.25, -0.2) is 9.36 Å². The molecule has 0 saturated heterocycles. The molecule has 0 amide bonds. The van der Waals surface area contributed by atoms with E-state index in [0.29, 0.717) is 12.6 Å². The van der Waals surface area contributed by atoms with Crippen molar-refractivity contribution in [1.82, 2.24) is 35.2 Å². The smallest absolute Gasteiger partial charge is 0.173 e. The summed E-state index contributed by atoms with van der Waals surface area (Å²) in [6.45, 7) is 2.55. The first-order chi connectivity index (χ1) is 8.78. The van der Waals surface area contributed by atoms with Gasteiger partial charge >= 0.3 is 0 Å². The van der Waals surface area contributed by atoms with Gasteiger partial charge in [0, 0.05) is 0 Å². The standard InChI is InChI=1S/C10H14ClN7/c1-2-8(11)9-5-17(15-12-9)6-10-13-14-16-18(10)7-3-4-7/h5,7-8H,2-4,6H2,1H3. The molecule has 0 bridgehead atoms. The molecule has 1 aliphatic rings. The van der Waals surface area contributed by atoms with Crippen LogP contribution in [-0.2, 0) is 6.54 Å². The maximum absolute atomic E-state index is 6.12. The molecule has 2 heterocycles. The van der Waals surface area contributed by atoms with E-state index in [2.05, 4.69) is 25.8 Å². The molecule has 3 rings (SSSR count). The van der Waals surface area contributed by atoms with Crippen LogP contribution in [0.2, 0.25) is 0 Å². The second-order valence-corrected chi connectivity index (χ2v) is 5.01. The number of tetrazole rings is 1. The van der Waals surface area contributed by atoms with E-state index in [1.54, 1.807) is 4.68 Å². The van der Waals surface area contributed by atoms with Gasteiger partial charge in [0.15, 0.2) is 5.82 Å². The summed E-state index contributed by atoms with van der Waals surface area (Å²) in [5.41, 5.74) is 0.796. The molecule has 1 saturated carbocycles. The van der Waals surface area contributed by atoms with Crippen molar-refractivity contribution in [1.29, 1.82) is 0 Å². The Morgan fingerprint density at radius 2 is 2.22 bits per heavy atom. The lowest BCUT2D eigenvalue weighted by Crippen LogP contribution is -2.09. The Kier molecular flexibility index (Phi) is 2.99. The van der Waals surface area contributed by atoms with Crippen LogP contribution in [0.15, 0.2) is 6.20 Å². The average Bonchev–Trinajstić information content (AvgIpc) is 2.95. The molecule has 0 radical (unpaired) electrons. The van der Waals surface area contributed by atoms with E-state index in [9.17, 15) is 0 Å². The molecular formula is C10H14ClN7. The quantitative estimate of drug-likeness (QED) is 0.764. The molecular weight excluding hydrogens is 254 g/mol. The Labute approximate surface area is 109 Å². The van der Waals surface area contributed by atoms with Crippen LogP contribution in [-0.4, -0.2) is 35.2 Å². The highest BCUT2D eigenvalue weighted by Crippen LogP contribution is 2.34. The van der Waals surface area contributed by atoms with Gasteiger partial charge in [0.05, 0.1) is 17.6 Å². The normalized spacial score (nSPS) is 17.0. The van der Waals surface area contributed by atoms with Crippen molar-refractivity contribution in [3.8, 4) is 0 Å². The van der Waals surface area contributed by atoms with Gasteiger partial charge < -0.3 is 0 Å². The van der Waals surface area contributed by atoms with Crippen LogP contribution in [0.1, 0.15) is 49.1 Å². The van der Waals surface area contributed by atoms with Gasteiger partial charge in [-0.15, -0.1) is 21.8 Å². The second-order valence-electron chi connectivity index (χ2n) is 4.49. The summed E-state index contributed by atoms with van der Waals surface area (Å²) in [7, 11) is 0. The van der Waals surface area contributed by atoms with Crippen molar-refractivity contribution in [3.05, 3.63) is 17.7 Å². The van der Waals surface area contributed by atoms with E-state index in [0.717, 1.165) is 30.8 Å². The third-order valence-electron chi connectivity index (χ3n) is 2.99. The zero-order chi connectivity index (χ0) is 12.5. The maximum atomic E-state index is 6.12. The van der Waals surface area contributed by atoms with Crippen LogP contribution < -0.4 is 0 Å². The number of hydrogen-bond acceptors (Lipinski definition) is 5. The molecule has 1 atom stereocenters. The molecule has 96 valence electrons. The van der Waals surface area contributed by atoms with Crippen molar-refractivity contribution >= 4 is 11.6 Å². The van der Waals surface area contributed by atoms with Crippen LogP contribution in [0.5, 0.6) is 0 Å². The third kappa shape index (κ3) is 2.22. The summed E-state index contributed by atoms with van der Waals surface area (Å²) in [6, 6.07) is 0.467. The third-order valence-corrected chi connectivity index (χ3v) is 3.53. The molecule has 0 spiro atoms. The van der Waals surface area contributed by atoms with Gasteiger partial charge in [-0.3, -0.25) is 0 Å². The van der Waals surface area contributed by atoms with E-state index in [4.69, 9.17) is 11.6 Å². The SMILES string of the molecule is CCC(Cl)c1cn(Cc2nnnn2C2CC2)nn1. The molecule has 0 aliphatic heterocycles. The van der Waals surface area contributed by atoms with Crippen LogP contribution in [0, 0.1) is 0 Å². The van der Waals surface area contributed by atoms with E-state index in [-0.39, 0.29) is 5.38 Å². The van der Waals surface area contributed by atoms with E-state index in [1.165, 1.54) is 0 Å². The topological polar surface area (TPSA) is 74.3 Å². The molecule has 8 heteroatoms. The van der Waals surface area contributed by atoms with Gasteiger partial charge in [0.25, 0.3) is 0 Å². The molecule has 7 nitrogen and oxygen atoms in total. The monoisotopic (exact) mass is 267 g/mol. The Hall–Kier alpha value is -1.50. The van der Waals surface area contributed by atoms with Crippen LogP contribution in [0.3, 0.4) is 0 Å². The van der Waals surface area contributed by atoms with Crippen molar-refractivity contribution in [2.45, 2.75) is 44.1 Å². The number of rotatable bonds is 5. The predicted octanol–water partition coefficient (Wildman–Crippen LogP) is 1.34. The minimum Gasteiger partial charge on any atom is -0.244 e. The first-order valence-electron chi connectivity index (χ1n) is 6.08. The minimum absolute atomic E-state index is 0.0850. The van der Waals surface area contributed by atoms with Crippen LogP contribution in [0.25, 0.3) is 0 Å². The number of hydrogen-bond donors (Lipinski definition) is 0. The van der Waals surface area contributed by atoms with Crippen molar-refractivity contribution < 1.29 is 0 Å². The molecule has 2 aromatic heterocycles. The predicted molar refractivity (Wildman–Crippen MR) is 64.1 cm³/mol. The molecule has 2 aromatic rings. The number of alkyl halides is 1. The number of halogens is 1. The van der Waals surface area contributed by atoms with E-state index >= 15 is 0 Å². The molecule has 1 unspecified atom stereocenters.